The Bertz CT molecular complexity index is 1090. The third-order valence-corrected chi connectivity index (χ3v) is 7.44. The van der Waals surface area contributed by atoms with Crippen LogP contribution in [-0.2, 0) is 6.42 Å². The van der Waals surface area contributed by atoms with Crippen LogP contribution in [0.15, 0.2) is 24.3 Å². The molecule has 1 aromatic heterocycles. The Morgan fingerprint density at radius 1 is 1.00 bits per heavy atom. The predicted octanol–water partition coefficient (Wildman–Crippen LogP) is 6.59. The highest BCUT2D eigenvalue weighted by Crippen LogP contribution is 2.36. The van der Waals surface area contributed by atoms with Gasteiger partial charge in [-0.3, -0.25) is 0 Å². The summed E-state index contributed by atoms with van der Waals surface area (Å²) in [4.78, 5) is 15.2. The second-order valence-corrected chi connectivity index (χ2v) is 12.2. The van der Waals surface area contributed by atoms with Gasteiger partial charge in [-0.2, -0.15) is 5.10 Å². The first-order chi connectivity index (χ1) is 18.7. The molecule has 2 fully saturated rings. The Kier molecular flexibility index (Phi) is 10.1. The molecule has 2 aliphatic rings. The first kappa shape index (κ1) is 29.1. The molecule has 2 aromatic rings. The molecule has 1 aliphatic carbocycles. The minimum atomic E-state index is -0.353. The van der Waals surface area contributed by atoms with E-state index in [1.807, 2.05) is 39.0 Å². The Morgan fingerprint density at radius 3 is 2.41 bits per heavy atom. The summed E-state index contributed by atoms with van der Waals surface area (Å²) in [5, 5.41) is 15.1. The Morgan fingerprint density at radius 2 is 1.72 bits per heavy atom. The summed E-state index contributed by atoms with van der Waals surface area (Å²) in [6.45, 7) is 10.1. The number of hydrogen-bond acceptors (Lipinski definition) is 6. The number of carbonyl (C=O) groups excluding carboxylic acids is 1. The van der Waals surface area contributed by atoms with E-state index in [-0.39, 0.29) is 23.8 Å². The predicted molar refractivity (Wildman–Crippen MR) is 157 cm³/mol. The van der Waals surface area contributed by atoms with Crippen LogP contribution in [0.5, 0.6) is 11.6 Å². The van der Waals surface area contributed by atoms with E-state index in [4.69, 9.17) is 9.47 Å². The molecule has 8 heteroatoms. The lowest BCUT2D eigenvalue weighted by molar-refractivity contribution is 0.109. The number of rotatable bonds is 9. The summed E-state index contributed by atoms with van der Waals surface area (Å²) in [5.74, 6) is 1.26. The number of benzene rings is 1. The van der Waals surface area contributed by atoms with Gasteiger partial charge in [0.1, 0.15) is 11.9 Å². The molecule has 2 heterocycles. The van der Waals surface area contributed by atoms with Crippen LogP contribution in [0, 0.1) is 0 Å². The van der Waals surface area contributed by atoms with Gasteiger partial charge in [0.15, 0.2) is 0 Å². The molecule has 4 rings (SSSR count). The molecule has 0 unspecified atom stereocenters. The van der Waals surface area contributed by atoms with Crippen molar-refractivity contribution < 1.29 is 14.3 Å². The number of likely N-dealkylation sites (tertiary alicyclic amines) is 1. The molecule has 2 amide bonds. The van der Waals surface area contributed by atoms with E-state index in [9.17, 15) is 4.79 Å². The summed E-state index contributed by atoms with van der Waals surface area (Å²) in [6.07, 6.45) is 10.9. The van der Waals surface area contributed by atoms with Crippen LogP contribution in [-0.4, -0.2) is 59.0 Å². The molecule has 2 N–H and O–H groups in total. The molecule has 0 spiro atoms. The Balaban J connectivity index is 1.64. The zero-order chi connectivity index (χ0) is 27.8. The zero-order valence-corrected chi connectivity index (χ0v) is 24.5. The number of unbranched alkanes of at least 4 members (excludes halogenated alkanes) is 1. The summed E-state index contributed by atoms with van der Waals surface area (Å²) < 4.78 is 12.7. The van der Waals surface area contributed by atoms with E-state index < -0.39 is 0 Å². The maximum absolute atomic E-state index is 12.9. The van der Waals surface area contributed by atoms with Gasteiger partial charge in [-0.25, -0.2) is 4.79 Å². The van der Waals surface area contributed by atoms with Gasteiger partial charge >= 0.3 is 6.03 Å². The topological polar surface area (TPSA) is 88.6 Å². The second-order valence-electron chi connectivity index (χ2n) is 12.2. The SMILES string of the molecule is CCCCc1nnc(OC2CCN(C)CC2)cc1-c1ccc(OC2CCCCC2)c(NC(=O)NC(C)(C)C)c1. The van der Waals surface area contributed by atoms with Crippen molar-refractivity contribution in [1.82, 2.24) is 20.4 Å². The average Bonchev–Trinajstić information content (AvgIpc) is 2.90. The lowest BCUT2D eigenvalue weighted by Crippen LogP contribution is -2.43. The minimum absolute atomic E-state index is 0.148. The quantitative estimate of drug-likeness (QED) is 0.375. The van der Waals surface area contributed by atoms with Gasteiger partial charge in [-0.1, -0.05) is 25.8 Å². The summed E-state index contributed by atoms with van der Waals surface area (Å²) >= 11 is 0. The number of hydrogen-bond donors (Lipinski definition) is 2. The fourth-order valence-corrected chi connectivity index (χ4v) is 5.26. The number of ether oxygens (including phenoxy) is 2. The number of urea groups is 1. The first-order valence-corrected chi connectivity index (χ1v) is 14.8. The largest absolute Gasteiger partial charge is 0.488 e. The van der Waals surface area contributed by atoms with Crippen LogP contribution in [0.3, 0.4) is 0 Å². The van der Waals surface area contributed by atoms with Crippen molar-refractivity contribution in [2.45, 2.75) is 110 Å². The van der Waals surface area contributed by atoms with E-state index in [2.05, 4.69) is 45.8 Å². The number of aryl methyl sites for hydroxylation is 1. The molecule has 1 aliphatic heterocycles. The van der Waals surface area contributed by atoms with E-state index in [0.29, 0.717) is 17.3 Å². The summed E-state index contributed by atoms with van der Waals surface area (Å²) in [5.41, 5.74) is 3.21. The summed E-state index contributed by atoms with van der Waals surface area (Å²) in [7, 11) is 2.14. The second kappa shape index (κ2) is 13.5. The van der Waals surface area contributed by atoms with Crippen molar-refractivity contribution in [2.24, 2.45) is 0 Å². The molecule has 8 nitrogen and oxygen atoms in total. The molecule has 1 saturated carbocycles. The van der Waals surface area contributed by atoms with Gasteiger partial charge in [-0.15, -0.1) is 5.10 Å². The van der Waals surface area contributed by atoms with E-state index in [1.54, 1.807) is 0 Å². The highest BCUT2D eigenvalue weighted by Gasteiger charge is 2.22. The molecule has 1 saturated heterocycles. The Labute approximate surface area is 234 Å². The number of amides is 2. The van der Waals surface area contributed by atoms with E-state index >= 15 is 0 Å². The third kappa shape index (κ3) is 8.82. The number of aromatic nitrogens is 2. The number of nitrogens with one attached hydrogen (secondary N) is 2. The van der Waals surface area contributed by atoms with Gasteiger partial charge in [0.2, 0.25) is 5.88 Å². The van der Waals surface area contributed by atoms with Crippen molar-refractivity contribution in [3.8, 4) is 22.8 Å². The number of piperidine rings is 1. The summed E-state index contributed by atoms with van der Waals surface area (Å²) in [6, 6.07) is 7.83. The molecule has 214 valence electrons. The standard InChI is InChI=1S/C31H47N5O3/c1-6-7-13-26-25(21-29(35-34-26)39-24-16-18-36(5)19-17-24)22-14-15-28(38-23-11-9-8-10-12-23)27(20-22)32-30(37)33-31(2,3)4/h14-15,20-21,23-24H,6-13,16-19H2,1-5H3,(H2,32,33,37). The van der Waals surface area contributed by atoms with Crippen molar-refractivity contribution in [3.05, 3.63) is 30.0 Å². The van der Waals surface area contributed by atoms with Crippen LogP contribution >= 0.6 is 0 Å². The van der Waals surface area contributed by atoms with E-state index in [1.165, 1.54) is 19.3 Å². The first-order valence-electron chi connectivity index (χ1n) is 14.8. The maximum Gasteiger partial charge on any atom is 0.319 e. The van der Waals surface area contributed by atoms with Crippen molar-refractivity contribution in [1.29, 1.82) is 0 Å². The molecule has 0 radical (unpaired) electrons. The van der Waals surface area contributed by atoms with Crippen LogP contribution in [0.4, 0.5) is 10.5 Å². The molecule has 1 aromatic carbocycles. The third-order valence-electron chi connectivity index (χ3n) is 7.44. The Hall–Kier alpha value is -2.87. The lowest BCUT2D eigenvalue weighted by atomic mass is 9.97. The molecular weight excluding hydrogens is 490 g/mol. The maximum atomic E-state index is 12.9. The van der Waals surface area contributed by atoms with Crippen molar-refractivity contribution in [2.75, 3.05) is 25.5 Å². The zero-order valence-electron chi connectivity index (χ0n) is 24.5. The van der Waals surface area contributed by atoms with Gasteiger partial charge in [0.05, 0.1) is 17.5 Å². The number of carbonyl (C=O) groups is 1. The molecule has 0 bridgehead atoms. The fraction of sp³-hybridized carbons (Fsp3) is 0.645. The van der Waals surface area contributed by atoms with Crippen LogP contribution in [0.1, 0.15) is 91.2 Å². The van der Waals surface area contributed by atoms with Crippen LogP contribution < -0.4 is 20.1 Å². The van der Waals surface area contributed by atoms with E-state index in [0.717, 1.165) is 74.9 Å². The molecule has 39 heavy (non-hydrogen) atoms. The lowest BCUT2D eigenvalue weighted by Gasteiger charge is -2.29. The normalized spacial score (nSPS) is 17.6. The van der Waals surface area contributed by atoms with Gasteiger partial charge in [0, 0.05) is 30.3 Å². The molecular formula is C31H47N5O3. The van der Waals surface area contributed by atoms with Crippen LogP contribution in [0.2, 0.25) is 0 Å². The van der Waals surface area contributed by atoms with Gasteiger partial charge in [-0.05, 0) is 96.9 Å². The molecule has 0 atom stereocenters. The highest BCUT2D eigenvalue weighted by atomic mass is 16.5. The minimum Gasteiger partial charge on any atom is -0.488 e. The van der Waals surface area contributed by atoms with Crippen molar-refractivity contribution >= 4 is 11.7 Å². The van der Waals surface area contributed by atoms with Crippen molar-refractivity contribution in [3.63, 3.8) is 0 Å². The van der Waals surface area contributed by atoms with Gasteiger partial charge < -0.3 is 25.0 Å². The number of nitrogens with zero attached hydrogens (tertiary/aromatic N) is 3. The fourth-order valence-electron chi connectivity index (χ4n) is 5.26. The smallest absolute Gasteiger partial charge is 0.319 e. The highest BCUT2D eigenvalue weighted by molar-refractivity contribution is 5.92. The van der Waals surface area contributed by atoms with Crippen LogP contribution in [0.25, 0.3) is 11.1 Å². The monoisotopic (exact) mass is 537 g/mol. The van der Waals surface area contributed by atoms with Gasteiger partial charge in [0.25, 0.3) is 0 Å². The average molecular weight is 538 g/mol. The number of anilines is 1.